The van der Waals surface area contributed by atoms with Crippen molar-refractivity contribution in [1.82, 2.24) is 0 Å². The zero-order valence-corrected chi connectivity index (χ0v) is 18.6. The summed E-state index contributed by atoms with van der Waals surface area (Å²) in [4.78, 5) is 27.2. The van der Waals surface area contributed by atoms with Crippen molar-refractivity contribution in [1.29, 1.82) is 0 Å². The molecule has 2 amide bonds. The first-order chi connectivity index (χ1) is 15.5. The summed E-state index contributed by atoms with van der Waals surface area (Å²) in [6.45, 7) is 0. The molecule has 0 saturated carbocycles. The first-order valence-corrected chi connectivity index (χ1v) is 11.1. The number of amides is 2. The third-order valence-electron chi connectivity index (χ3n) is 5.39. The van der Waals surface area contributed by atoms with Crippen molar-refractivity contribution in [2.45, 2.75) is 25.7 Å². The second kappa shape index (κ2) is 9.40. The number of halogens is 1. The Morgan fingerprint density at radius 1 is 0.938 bits per heavy atom. The van der Waals surface area contributed by atoms with Crippen LogP contribution in [-0.4, -0.2) is 26.0 Å². The van der Waals surface area contributed by atoms with E-state index in [9.17, 15) is 14.0 Å². The van der Waals surface area contributed by atoms with E-state index in [1.165, 1.54) is 42.7 Å². The summed E-state index contributed by atoms with van der Waals surface area (Å²) in [5, 5.41) is 6.27. The topological polar surface area (TPSA) is 76.7 Å². The fraction of sp³-hybridized carbons (Fsp3) is 0.250. The van der Waals surface area contributed by atoms with Crippen molar-refractivity contribution >= 4 is 33.8 Å². The molecule has 2 N–H and O–H groups in total. The number of hydrogen-bond acceptors (Lipinski definition) is 5. The molecular formula is C24H23FN2O4S. The SMILES string of the molecule is COc1ccc(NC(=O)c2c(NC(=O)c3ccc(F)cc3)sc3c2CCCC3)c(OC)c1. The Kier molecular flexibility index (Phi) is 6.41. The van der Waals surface area contributed by atoms with E-state index in [4.69, 9.17) is 9.47 Å². The van der Waals surface area contributed by atoms with Gasteiger partial charge >= 0.3 is 0 Å². The minimum absolute atomic E-state index is 0.317. The van der Waals surface area contributed by atoms with Gasteiger partial charge in [-0.3, -0.25) is 9.59 Å². The lowest BCUT2D eigenvalue weighted by atomic mass is 9.95. The van der Waals surface area contributed by atoms with E-state index in [-0.39, 0.29) is 11.8 Å². The van der Waals surface area contributed by atoms with Crippen LogP contribution in [0.3, 0.4) is 0 Å². The third kappa shape index (κ3) is 4.45. The van der Waals surface area contributed by atoms with E-state index in [0.717, 1.165) is 36.1 Å². The molecule has 0 radical (unpaired) electrons. The summed E-state index contributed by atoms with van der Waals surface area (Å²) >= 11 is 1.42. The summed E-state index contributed by atoms with van der Waals surface area (Å²) < 4.78 is 23.8. The molecule has 1 aliphatic rings. The predicted octanol–water partition coefficient (Wildman–Crippen LogP) is 5.29. The molecule has 6 nitrogen and oxygen atoms in total. The van der Waals surface area contributed by atoms with Gasteiger partial charge in [-0.2, -0.15) is 0 Å². The molecule has 1 aliphatic carbocycles. The van der Waals surface area contributed by atoms with E-state index in [1.807, 2.05) is 0 Å². The highest BCUT2D eigenvalue weighted by atomic mass is 32.1. The van der Waals surface area contributed by atoms with Crippen LogP contribution in [0.4, 0.5) is 15.1 Å². The van der Waals surface area contributed by atoms with Crippen LogP contribution in [0.5, 0.6) is 11.5 Å². The smallest absolute Gasteiger partial charge is 0.259 e. The van der Waals surface area contributed by atoms with Crippen molar-refractivity contribution in [3.8, 4) is 11.5 Å². The van der Waals surface area contributed by atoms with Crippen LogP contribution in [0.1, 0.15) is 44.0 Å². The number of rotatable bonds is 6. The number of nitrogens with one attached hydrogen (secondary N) is 2. The first kappa shape index (κ1) is 21.8. The van der Waals surface area contributed by atoms with Crippen molar-refractivity contribution in [3.63, 3.8) is 0 Å². The molecule has 4 rings (SSSR count). The first-order valence-electron chi connectivity index (χ1n) is 10.2. The monoisotopic (exact) mass is 454 g/mol. The average molecular weight is 455 g/mol. The van der Waals surface area contributed by atoms with Gasteiger partial charge in [-0.15, -0.1) is 11.3 Å². The number of aryl methyl sites for hydroxylation is 1. The van der Waals surface area contributed by atoms with Gasteiger partial charge in [-0.25, -0.2) is 4.39 Å². The van der Waals surface area contributed by atoms with Crippen molar-refractivity contribution in [2.24, 2.45) is 0 Å². The van der Waals surface area contributed by atoms with Gasteiger partial charge in [0.2, 0.25) is 0 Å². The molecule has 0 atom stereocenters. The van der Waals surface area contributed by atoms with Gasteiger partial charge in [0.15, 0.2) is 0 Å². The van der Waals surface area contributed by atoms with Crippen LogP contribution in [0, 0.1) is 5.82 Å². The highest BCUT2D eigenvalue weighted by Gasteiger charge is 2.27. The molecule has 0 unspecified atom stereocenters. The molecule has 32 heavy (non-hydrogen) atoms. The van der Waals surface area contributed by atoms with Gasteiger partial charge < -0.3 is 20.1 Å². The minimum Gasteiger partial charge on any atom is -0.497 e. The van der Waals surface area contributed by atoms with Crippen LogP contribution >= 0.6 is 11.3 Å². The average Bonchev–Trinajstić information content (AvgIpc) is 3.17. The maximum Gasteiger partial charge on any atom is 0.259 e. The molecule has 0 fully saturated rings. The molecular weight excluding hydrogens is 431 g/mol. The standard InChI is InChI=1S/C24H23FN2O4S/c1-30-16-11-12-18(19(13-16)31-2)26-23(29)21-17-5-3-4-6-20(17)32-24(21)27-22(28)14-7-9-15(25)10-8-14/h7-13H,3-6H2,1-2H3,(H,26,29)(H,27,28). The lowest BCUT2D eigenvalue weighted by molar-refractivity contribution is 0.102. The summed E-state index contributed by atoms with van der Waals surface area (Å²) in [6.07, 6.45) is 3.69. The van der Waals surface area contributed by atoms with E-state index in [0.29, 0.717) is 33.3 Å². The van der Waals surface area contributed by atoms with Crippen molar-refractivity contribution < 1.29 is 23.5 Å². The van der Waals surface area contributed by atoms with E-state index < -0.39 is 5.82 Å². The van der Waals surface area contributed by atoms with Crippen molar-refractivity contribution in [3.05, 3.63) is 69.8 Å². The normalized spacial score (nSPS) is 12.6. The fourth-order valence-electron chi connectivity index (χ4n) is 3.76. The summed E-state index contributed by atoms with van der Waals surface area (Å²) in [5.41, 5.74) is 2.27. The number of carbonyl (C=O) groups excluding carboxylic acids is 2. The van der Waals surface area contributed by atoms with Gasteiger partial charge in [0.05, 0.1) is 25.5 Å². The number of thiophene rings is 1. The largest absolute Gasteiger partial charge is 0.497 e. The quantitative estimate of drug-likeness (QED) is 0.531. The van der Waals surface area contributed by atoms with Gasteiger partial charge in [0, 0.05) is 16.5 Å². The number of ether oxygens (including phenoxy) is 2. The second-order valence-corrected chi connectivity index (χ2v) is 8.50. The molecule has 2 aromatic carbocycles. The third-order valence-corrected chi connectivity index (χ3v) is 6.60. The number of benzene rings is 2. The van der Waals surface area contributed by atoms with Crippen molar-refractivity contribution in [2.75, 3.05) is 24.9 Å². The molecule has 8 heteroatoms. The Balaban J connectivity index is 1.65. The molecule has 0 bridgehead atoms. The molecule has 166 valence electrons. The molecule has 3 aromatic rings. The van der Waals surface area contributed by atoms with E-state index in [1.54, 1.807) is 25.3 Å². The highest BCUT2D eigenvalue weighted by Crippen LogP contribution is 2.39. The van der Waals surface area contributed by atoms with Crippen LogP contribution < -0.4 is 20.1 Å². The molecule has 1 aromatic heterocycles. The zero-order valence-electron chi connectivity index (χ0n) is 17.8. The lowest BCUT2D eigenvalue weighted by Crippen LogP contribution is -2.19. The highest BCUT2D eigenvalue weighted by molar-refractivity contribution is 7.17. The van der Waals surface area contributed by atoms with Crippen LogP contribution in [-0.2, 0) is 12.8 Å². The summed E-state index contributed by atoms with van der Waals surface area (Å²) in [7, 11) is 3.08. The van der Waals surface area contributed by atoms with Crippen LogP contribution in [0.2, 0.25) is 0 Å². The number of fused-ring (bicyclic) bond motifs is 1. The lowest BCUT2D eigenvalue weighted by Gasteiger charge is -2.15. The Hall–Kier alpha value is -3.39. The fourth-order valence-corrected chi connectivity index (χ4v) is 5.04. The number of carbonyl (C=O) groups is 2. The Bertz CT molecular complexity index is 1160. The summed E-state index contributed by atoms with van der Waals surface area (Å²) in [5.74, 6) is -0.0395. The van der Waals surface area contributed by atoms with E-state index in [2.05, 4.69) is 10.6 Å². The molecule has 1 heterocycles. The predicted molar refractivity (Wildman–Crippen MR) is 123 cm³/mol. The Morgan fingerprint density at radius 2 is 1.69 bits per heavy atom. The van der Waals surface area contributed by atoms with Gasteiger partial charge in [0.1, 0.15) is 22.3 Å². The number of hydrogen-bond donors (Lipinski definition) is 2. The van der Waals surface area contributed by atoms with Gasteiger partial charge in [0.25, 0.3) is 11.8 Å². The second-order valence-electron chi connectivity index (χ2n) is 7.40. The molecule has 0 aliphatic heterocycles. The minimum atomic E-state index is -0.415. The van der Waals surface area contributed by atoms with Crippen LogP contribution in [0.15, 0.2) is 42.5 Å². The van der Waals surface area contributed by atoms with Gasteiger partial charge in [-0.05, 0) is 67.6 Å². The maximum absolute atomic E-state index is 13.4. The Labute approximate surface area is 189 Å². The Morgan fingerprint density at radius 3 is 2.41 bits per heavy atom. The maximum atomic E-state index is 13.4. The number of methoxy groups -OCH3 is 2. The zero-order chi connectivity index (χ0) is 22.7. The van der Waals surface area contributed by atoms with Gasteiger partial charge in [-0.1, -0.05) is 0 Å². The molecule has 0 spiro atoms. The number of anilines is 2. The molecule has 0 saturated heterocycles. The van der Waals surface area contributed by atoms with Crippen LogP contribution in [0.25, 0.3) is 0 Å². The van der Waals surface area contributed by atoms with E-state index >= 15 is 0 Å². The summed E-state index contributed by atoms with van der Waals surface area (Å²) in [6, 6.07) is 10.4.